The van der Waals surface area contributed by atoms with Gasteiger partial charge in [0.25, 0.3) is 5.91 Å². The number of rotatable bonds is 4. The molecular weight excluding hydrogens is 272 g/mol. The lowest BCUT2D eigenvalue weighted by molar-refractivity contribution is 0.0827. The van der Waals surface area contributed by atoms with E-state index in [0.717, 1.165) is 4.88 Å². The van der Waals surface area contributed by atoms with Crippen LogP contribution in [0.15, 0.2) is 30.5 Å². The van der Waals surface area contributed by atoms with Gasteiger partial charge >= 0.3 is 0 Å². The summed E-state index contributed by atoms with van der Waals surface area (Å²) >= 11 is 1.44. The summed E-state index contributed by atoms with van der Waals surface area (Å²) in [5.74, 6) is 0.586. The van der Waals surface area contributed by atoms with Crippen LogP contribution in [0.4, 0.5) is 5.82 Å². The first kappa shape index (κ1) is 14.0. The van der Waals surface area contributed by atoms with Crippen molar-refractivity contribution in [1.82, 2.24) is 9.88 Å². The maximum absolute atomic E-state index is 11.8. The number of pyridine rings is 1. The van der Waals surface area contributed by atoms with Gasteiger partial charge in [-0.15, -0.1) is 11.3 Å². The maximum Gasteiger partial charge on any atom is 0.253 e. The summed E-state index contributed by atoms with van der Waals surface area (Å²) in [5.41, 5.74) is 0.594. The molecule has 0 aliphatic carbocycles. The molecule has 5 nitrogen and oxygen atoms in total. The van der Waals surface area contributed by atoms with Gasteiger partial charge in [0, 0.05) is 30.7 Å². The molecule has 2 aromatic rings. The first-order chi connectivity index (χ1) is 9.60. The predicted molar refractivity (Wildman–Crippen MR) is 78.6 cm³/mol. The molecule has 1 N–H and O–H groups in total. The molecule has 1 amide bonds. The number of nitrogens with one attached hydrogen (secondary N) is 1. The van der Waals surface area contributed by atoms with Gasteiger partial charge in [0.1, 0.15) is 16.8 Å². The molecule has 102 valence electrons. The molecule has 0 saturated heterocycles. The van der Waals surface area contributed by atoms with Crippen LogP contribution in [0.3, 0.4) is 0 Å². The fourth-order valence-corrected chi connectivity index (χ4v) is 2.37. The van der Waals surface area contributed by atoms with Crippen molar-refractivity contribution >= 4 is 23.1 Å². The lowest BCUT2D eigenvalue weighted by atomic mass is 10.2. The van der Waals surface area contributed by atoms with Gasteiger partial charge in [0.2, 0.25) is 0 Å². The largest absolute Gasteiger partial charge is 0.365 e. The highest BCUT2D eigenvalue weighted by Crippen LogP contribution is 2.17. The van der Waals surface area contributed by atoms with Gasteiger partial charge in [0.05, 0.1) is 6.54 Å². The van der Waals surface area contributed by atoms with E-state index >= 15 is 0 Å². The van der Waals surface area contributed by atoms with Crippen LogP contribution < -0.4 is 5.32 Å². The van der Waals surface area contributed by atoms with Crippen molar-refractivity contribution in [2.45, 2.75) is 6.54 Å². The van der Waals surface area contributed by atoms with E-state index in [0.29, 0.717) is 22.8 Å². The number of carbonyl (C=O) groups is 1. The highest BCUT2D eigenvalue weighted by molar-refractivity contribution is 7.12. The lowest BCUT2D eigenvalue weighted by Crippen LogP contribution is -2.21. The second-order valence-electron chi connectivity index (χ2n) is 4.36. The summed E-state index contributed by atoms with van der Waals surface area (Å²) in [6, 6.07) is 9.22. The number of amides is 1. The Labute approximate surface area is 121 Å². The maximum atomic E-state index is 11.8. The molecule has 0 saturated carbocycles. The minimum Gasteiger partial charge on any atom is -0.365 e. The SMILES string of the molecule is CN(C)C(=O)c1ccnc(NCc2ccc(C#N)s2)c1. The van der Waals surface area contributed by atoms with Crippen LogP contribution in [0.2, 0.25) is 0 Å². The fraction of sp³-hybridized carbons (Fsp3) is 0.214. The third-order valence-electron chi connectivity index (χ3n) is 2.63. The molecule has 0 bridgehead atoms. The zero-order valence-corrected chi connectivity index (χ0v) is 12.1. The highest BCUT2D eigenvalue weighted by atomic mass is 32.1. The lowest BCUT2D eigenvalue weighted by Gasteiger charge is -2.11. The van der Waals surface area contributed by atoms with Gasteiger partial charge in [-0.05, 0) is 24.3 Å². The van der Waals surface area contributed by atoms with Crippen LogP contribution in [0.1, 0.15) is 20.1 Å². The second kappa shape index (κ2) is 6.17. The van der Waals surface area contributed by atoms with Gasteiger partial charge in [-0.3, -0.25) is 4.79 Å². The number of nitriles is 1. The van der Waals surface area contributed by atoms with E-state index in [1.165, 1.54) is 16.2 Å². The van der Waals surface area contributed by atoms with E-state index < -0.39 is 0 Å². The molecular formula is C14H14N4OS. The summed E-state index contributed by atoms with van der Waals surface area (Å²) in [5, 5.41) is 11.9. The number of aromatic nitrogens is 1. The minimum absolute atomic E-state index is 0.0571. The Bertz CT molecular complexity index is 657. The van der Waals surface area contributed by atoms with Gasteiger partial charge in [-0.1, -0.05) is 0 Å². The number of carbonyl (C=O) groups excluding carboxylic acids is 1. The summed E-state index contributed by atoms with van der Waals surface area (Å²) in [4.78, 5) is 19.3. The van der Waals surface area contributed by atoms with Crippen molar-refractivity contribution in [3.8, 4) is 6.07 Å². The summed E-state index contributed by atoms with van der Waals surface area (Å²) in [6.07, 6.45) is 1.61. The molecule has 0 aliphatic heterocycles. The van der Waals surface area contributed by atoms with Crippen LogP contribution >= 0.6 is 11.3 Å². The molecule has 2 aromatic heterocycles. The Morgan fingerprint density at radius 2 is 2.25 bits per heavy atom. The minimum atomic E-state index is -0.0571. The van der Waals surface area contributed by atoms with E-state index in [2.05, 4.69) is 16.4 Å². The summed E-state index contributed by atoms with van der Waals surface area (Å²) in [6.45, 7) is 0.582. The van der Waals surface area contributed by atoms with Crippen molar-refractivity contribution in [3.63, 3.8) is 0 Å². The number of anilines is 1. The van der Waals surface area contributed by atoms with Crippen molar-refractivity contribution in [2.24, 2.45) is 0 Å². The first-order valence-corrected chi connectivity index (χ1v) is 6.82. The molecule has 0 radical (unpaired) electrons. The number of hydrogen-bond donors (Lipinski definition) is 1. The topological polar surface area (TPSA) is 69.0 Å². The number of nitrogens with zero attached hydrogens (tertiary/aromatic N) is 3. The van der Waals surface area contributed by atoms with Crippen LogP contribution in [0.5, 0.6) is 0 Å². The molecule has 6 heteroatoms. The summed E-state index contributed by atoms with van der Waals surface area (Å²) in [7, 11) is 3.43. The molecule has 20 heavy (non-hydrogen) atoms. The third-order valence-corrected chi connectivity index (χ3v) is 3.62. The van der Waals surface area contributed by atoms with Gasteiger partial charge in [-0.2, -0.15) is 5.26 Å². The average molecular weight is 286 g/mol. The Morgan fingerprint density at radius 3 is 2.90 bits per heavy atom. The van der Waals surface area contributed by atoms with Crippen molar-refractivity contribution in [1.29, 1.82) is 5.26 Å². The Balaban J connectivity index is 2.05. The van der Waals surface area contributed by atoms with Crippen LogP contribution in [-0.2, 0) is 6.54 Å². The Hall–Kier alpha value is -2.39. The highest BCUT2D eigenvalue weighted by Gasteiger charge is 2.08. The zero-order valence-electron chi connectivity index (χ0n) is 11.3. The second-order valence-corrected chi connectivity index (χ2v) is 5.53. The third kappa shape index (κ3) is 3.33. The van der Waals surface area contributed by atoms with Gasteiger partial charge in [0.15, 0.2) is 0 Å². The van der Waals surface area contributed by atoms with E-state index in [9.17, 15) is 4.79 Å². The monoisotopic (exact) mass is 286 g/mol. The van der Waals surface area contributed by atoms with E-state index in [-0.39, 0.29) is 5.91 Å². The average Bonchev–Trinajstić information content (AvgIpc) is 2.92. The summed E-state index contributed by atoms with van der Waals surface area (Å²) < 4.78 is 0. The molecule has 0 aliphatic rings. The standard InChI is InChI=1S/C14H14N4OS/c1-18(2)14(19)10-5-6-16-13(7-10)17-9-12-4-3-11(8-15)20-12/h3-7H,9H2,1-2H3,(H,16,17). The van der Waals surface area contributed by atoms with Crippen LogP contribution in [-0.4, -0.2) is 29.9 Å². The molecule has 0 atom stereocenters. The van der Waals surface area contributed by atoms with Crippen molar-refractivity contribution in [2.75, 3.05) is 19.4 Å². The van der Waals surface area contributed by atoms with E-state index in [4.69, 9.17) is 5.26 Å². The van der Waals surface area contributed by atoms with Crippen molar-refractivity contribution < 1.29 is 4.79 Å². The molecule has 0 aromatic carbocycles. The molecule has 0 spiro atoms. The van der Waals surface area contributed by atoms with Gasteiger partial charge < -0.3 is 10.2 Å². The number of thiophene rings is 1. The number of hydrogen-bond acceptors (Lipinski definition) is 5. The molecule has 2 heterocycles. The fourth-order valence-electron chi connectivity index (χ4n) is 1.63. The smallest absolute Gasteiger partial charge is 0.253 e. The van der Waals surface area contributed by atoms with E-state index in [1.54, 1.807) is 38.5 Å². The zero-order chi connectivity index (χ0) is 14.5. The first-order valence-electron chi connectivity index (χ1n) is 6.00. The Kier molecular flexibility index (Phi) is 4.33. The van der Waals surface area contributed by atoms with Crippen molar-refractivity contribution in [3.05, 3.63) is 45.8 Å². The van der Waals surface area contributed by atoms with Crippen LogP contribution in [0, 0.1) is 11.3 Å². The normalized spacial score (nSPS) is 9.85. The predicted octanol–water partition coefficient (Wildman–Crippen LogP) is 2.33. The molecule has 2 rings (SSSR count). The molecule has 0 unspecified atom stereocenters. The van der Waals surface area contributed by atoms with Crippen LogP contribution in [0.25, 0.3) is 0 Å². The molecule has 0 fully saturated rings. The quantitative estimate of drug-likeness (QED) is 0.936. The van der Waals surface area contributed by atoms with Gasteiger partial charge in [-0.25, -0.2) is 4.98 Å². The Morgan fingerprint density at radius 1 is 1.45 bits per heavy atom. The van der Waals surface area contributed by atoms with E-state index in [1.807, 2.05) is 6.07 Å².